The van der Waals surface area contributed by atoms with E-state index in [0.29, 0.717) is 17.8 Å². The van der Waals surface area contributed by atoms with Crippen molar-refractivity contribution in [2.75, 3.05) is 5.32 Å². The highest BCUT2D eigenvalue weighted by Crippen LogP contribution is 2.15. The third-order valence-corrected chi connectivity index (χ3v) is 3.73. The van der Waals surface area contributed by atoms with Gasteiger partial charge in [-0.1, -0.05) is 18.2 Å². The van der Waals surface area contributed by atoms with Crippen LogP contribution in [-0.4, -0.2) is 21.8 Å². The summed E-state index contributed by atoms with van der Waals surface area (Å²) in [6.45, 7) is 0.318. The van der Waals surface area contributed by atoms with Crippen LogP contribution in [0.1, 0.15) is 31.8 Å². The molecule has 0 atom stereocenters. The van der Waals surface area contributed by atoms with Gasteiger partial charge >= 0.3 is 0 Å². The van der Waals surface area contributed by atoms with Crippen LogP contribution in [0.3, 0.4) is 0 Å². The summed E-state index contributed by atoms with van der Waals surface area (Å²) in [6.07, 6.45) is 6.07. The number of carbonyl (C=O) groups is 2. The lowest BCUT2D eigenvalue weighted by Crippen LogP contribution is -2.23. The molecular weight excluding hydrogens is 342 g/mol. The van der Waals surface area contributed by atoms with E-state index in [2.05, 4.69) is 20.6 Å². The van der Waals surface area contributed by atoms with Crippen molar-refractivity contribution in [1.82, 2.24) is 15.3 Å². The molecule has 132 valence electrons. The fraction of sp³-hybridized carbons (Fsp3) is 0.0500. The standard InChI is InChI=1S/C20H15N5O2/c21-9-15-5-1-2-6-18(15)25-20(27)17-8-16(12-23-13-17)19(26)24-11-14-4-3-7-22-10-14/h1-8,10,12-13H,11H2,(H,24,26)(H,25,27). The van der Waals surface area contributed by atoms with Crippen molar-refractivity contribution < 1.29 is 9.59 Å². The minimum Gasteiger partial charge on any atom is -0.348 e. The number of nitriles is 1. The van der Waals surface area contributed by atoms with E-state index >= 15 is 0 Å². The average Bonchev–Trinajstić information content (AvgIpc) is 2.73. The fourth-order valence-corrected chi connectivity index (χ4v) is 2.36. The number of nitrogens with zero attached hydrogens (tertiary/aromatic N) is 3. The summed E-state index contributed by atoms with van der Waals surface area (Å²) in [7, 11) is 0. The van der Waals surface area contributed by atoms with Crippen molar-refractivity contribution >= 4 is 17.5 Å². The van der Waals surface area contributed by atoms with Gasteiger partial charge in [-0.3, -0.25) is 19.6 Å². The van der Waals surface area contributed by atoms with Crippen LogP contribution in [-0.2, 0) is 6.54 Å². The zero-order valence-corrected chi connectivity index (χ0v) is 14.2. The molecule has 0 bridgehead atoms. The van der Waals surface area contributed by atoms with Crippen LogP contribution in [0.4, 0.5) is 5.69 Å². The molecular formula is C20H15N5O2. The van der Waals surface area contributed by atoms with E-state index in [1.165, 1.54) is 18.5 Å². The Morgan fingerprint density at radius 2 is 1.74 bits per heavy atom. The Morgan fingerprint density at radius 3 is 2.48 bits per heavy atom. The Kier molecular flexibility index (Phi) is 5.50. The van der Waals surface area contributed by atoms with E-state index in [9.17, 15) is 9.59 Å². The van der Waals surface area contributed by atoms with Crippen LogP contribution in [0.5, 0.6) is 0 Å². The summed E-state index contributed by atoms with van der Waals surface area (Å²) in [4.78, 5) is 32.7. The van der Waals surface area contributed by atoms with Gasteiger partial charge in [-0.15, -0.1) is 0 Å². The Morgan fingerprint density at radius 1 is 0.963 bits per heavy atom. The third kappa shape index (κ3) is 4.52. The van der Waals surface area contributed by atoms with Crippen LogP contribution in [0.25, 0.3) is 0 Å². The molecule has 7 nitrogen and oxygen atoms in total. The monoisotopic (exact) mass is 357 g/mol. The lowest BCUT2D eigenvalue weighted by molar-refractivity contribution is 0.0950. The van der Waals surface area contributed by atoms with Crippen molar-refractivity contribution in [3.63, 3.8) is 0 Å². The molecule has 2 amide bonds. The first-order valence-electron chi connectivity index (χ1n) is 8.10. The van der Waals surface area contributed by atoms with Gasteiger partial charge in [-0.2, -0.15) is 5.26 Å². The van der Waals surface area contributed by atoms with Crippen LogP contribution in [0, 0.1) is 11.3 Å². The highest BCUT2D eigenvalue weighted by Gasteiger charge is 2.13. The van der Waals surface area contributed by atoms with Crippen molar-refractivity contribution in [1.29, 1.82) is 5.26 Å². The number of para-hydroxylation sites is 1. The molecule has 0 spiro atoms. The molecule has 0 saturated heterocycles. The zero-order valence-electron chi connectivity index (χ0n) is 14.2. The second-order valence-electron chi connectivity index (χ2n) is 5.62. The van der Waals surface area contributed by atoms with Gasteiger partial charge in [-0.25, -0.2) is 0 Å². The largest absolute Gasteiger partial charge is 0.348 e. The summed E-state index contributed by atoms with van der Waals surface area (Å²) in [5.41, 5.74) is 2.10. The first kappa shape index (κ1) is 17.8. The molecule has 0 saturated carbocycles. The van der Waals surface area contributed by atoms with Gasteiger partial charge in [0, 0.05) is 31.3 Å². The minimum atomic E-state index is -0.452. The Bertz CT molecular complexity index is 1010. The Hall–Kier alpha value is -4.05. The first-order chi connectivity index (χ1) is 13.2. The average molecular weight is 357 g/mol. The van der Waals surface area contributed by atoms with Gasteiger partial charge in [0.25, 0.3) is 11.8 Å². The van der Waals surface area contributed by atoms with Crippen molar-refractivity contribution in [2.45, 2.75) is 6.54 Å². The number of hydrogen-bond donors (Lipinski definition) is 2. The zero-order chi connectivity index (χ0) is 19.1. The van der Waals surface area contributed by atoms with Crippen molar-refractivity contribution in [3.8, 4) is 6.07 Å². The first-order valence-corrected chi connectivity index (χ1v) is 8.10. The molecule has 1 aromatic carbocycles. The number of rotatable bonds is 5. The normalized spacial score (nSPS) is 9.89. The van der Waals surface area contributed by atoms with Gasteiger partial charge in [0.05, 0.1) is 22.4 Å². The molecule has 0 unspecified atom stereocenters. The van der Waals surface area contributed by atoms with Crippen molar-refractivity contribution in [3.05, 3.63) is 89.5 Å². The van der Waals surface area contributed by atoms with E-state index in [1.807, 2.05) is 12.1 Å². The van der Waals surface area contributed by atoms with Crippen molar-refractivity contribution in [2.24, 2.45) is 0 Å². The minimum absolute atomic E-state index is 0.219. The van der Waals surface area contributed by atoms with E-state index in [0.717, 1.165) is 5.56 Å². The quantitative estimate of drug-likeness (QED) is 0.729. The van der Waals surface area contributed by atoms with Gasteiger partial charge in [0.15, 0.2) is 0 Å². The molecule has 7 heteroatoms. The van der Waals surface area contributed by atoms with Gasteiger partial charge < -0.3 is 10.6 Å². The second-order valence-corrected chi connectivity index (χ2v) is 5.62. The molecule has 3 rings (SSSR count). The lowest BCUT2D eigenvalue weighted by atomic mass is 10.1. The predicted molar refractivity (Wildman–Crippen MR) is 98.8 cm³/mol. The maximum atomic E-state index is 12.4. The Balaban J connectivity index is 1.70. The molecule has 0 aliphatic heterocycles. The molecule has 27 heavy (non-hydrogen) atoms. The number of amides is 2. The number of pyridine rings is 2. The van der Waals surface area contributed by atoms with E-state index < -0.39 is 5.91 Å². The van der Waals surface area contributed by atoms with Gasteiger partial charge in [0.1, 0.15) is 6.07 Å². The molecule has 3 aromatic rings. The molecule has 2 aromatic heterocycles. The molecule has 2 N–H and O–H groups in total. The molecule has 0 aliphatic rings. The van der Waals surface area contributed by atoms with E-state index in [1.54, 1.807) is 42.7 Å². The number of anilines is 1. The summed E-state index contributed by atoms with van der Waals surface area (Å²) < 4.78 is 0. The van der Waals surface area contributed by atoms with Crippen LogP contribution in [0.2, 0.25) is 0 Å². The molecule has 0 radical (unpaired) electrons. The van der Waals surface area contributed by atoms with Gasteiger partial charge in [0.2, 0.25) is 0 Å². The molecule has 0 aliphatic carbocycles. The maximum Gasteiger partial charge on any atom is 0.257 e. The van der Waals surface area contributed by atoms with Crippen LogP contribution in [0.15, 0.2) is 67.3 Å². The second kappa shape index (κ2) is 8.36. The highest BCUT2D eigenvalue weighted by atomic mass is 16.2. The number of benzene rings is 1. The number of hydrogen-bond acceptors (Lipinski definition) is 5. The summed E-state index contributed by atoms with van der Waals surface area (Å²) in [5, 5.41) is 14.5. The third-order valence-electron chi connectivity index (χ3n) is 3.73. The Labute approximate surface area is 155 Å². The topological polar surface area (TPSA) is 108 Å². The summed E-state index contributed by atoms with van der Waals surface area (Å²) in [5.74, 6) is -0.800. The summed E-state index contributed by atoms with van der Waals surface area (Å²) in [6, 6.07) is 13.8. The molecule has 0 fully saturated rings. The number of nitrogens with one attached hydrogen (secondary N) is 2. The van der Waals surface area contributed by atoms with E-state index in [-0.39, 0.29) is 17.0 Å². The SMILES string of the molecule is N#Cc1ccccc1NC(=O)c1cncc(C(=O)NCc2cccnc2)c1. The number of carbonyl (C=O) groups excluding carboxylic acids is 2. The summed E-state index contributed by atoms with van der Waals surface area (Å²) >= 11 is 0. The van der Waals surface area contributed by atoms with E-state index in [4.69, 9.17) is 5.26 Å². The predicted octanol–water partition coefficient (Wildman–Crippen LogP) is 2.53. The number of aromatic nitrogens is 2. The smallest absolute Gasteiger partial charge is 0.257 e. The lowest BCUT2D eigenvalue weighted by Gasteiger charge is -2.08. The fourth-order valence-electron chi connectivity index (χ4n) is 2.36. The highest BCUT2D eigenvalue weighted by molar-refractivity contribution is 6.06. The molecule has 2 heterocycles. The van der Waals surface area contributed by atoms with Crippen LogP contribution < -0.4 is 10.6 Å². The van der Waals surface area contributed by atoms with Crippen LogP contribution >= 0.6 is 0 Å². The maximum absolute atomic E-state index is 12.4. The van der Waals surface area contributed by atoms with Gasteiger partial charge in [-0.05, 0) is 29.8 Å².